The van der Waals surface area contributed by atoms with E-state index >= 15 is 0 Å². The summed E-state index contributed by atoms with van der Waals surface area (Å²) in [6, 6.07) is 12.3. The van der Waals surface area contributed by atoms with Crippen LogP contribution in [0, 0.1) is 6.92 Å². The summed E-state index contributed by atoms with van der Waals surface area (Å²) in [5, 5.41) is 3.66. The first-order chi connectivity index (χ1) is 13.4. The van der Waals surface area contributed by atoms with Crippen molar-refractivity contribution in [2.45, 2.75) is 19.4 Å². The molecule has 0 fully saturated rings. The molecule has 1 aromatic heterocycles. The van der Waals surface area contributed by atoms with Crippen LogP contribution in [0.3, 0.4) is 0 Å². The van der Waals surface area contributed by atoms with Gasteiger partial charge in [0.1, 0.15) is 5.58 Å². The topological polar surface area (TPSA) is 85.6 Å². The van der Waals surface area contributed by atoms with Crippen LogP contribution >= 0.6 is 11.6 Å². The molecule has 0 aliphatic carbocycles. The third kappa shape index (κ3) is 4.40. The lowest BCUT2D eigenvalue weighted by molar-refractivity contribution is -0.141. The first-order valence-corrected chi connectivity index (χ1v) is 8.93. The number of fused-ring (bicyclic) bond motifs is 1. The number of amides is 1. The van der Waals surface area contributed by atoms with Crippen molar-refractivity contribution >= 4 is 34.4 Å². The average Bonchev–Trinajstić information content (AvgIpc) is 2.68. The molecule has 7 heteroatoms. The number of aryl methyl sites for hydroxylation is 1. The smallest absolute Gasteiger partial charge is 0.307 e. The Morgan fingerprint density at radius 3 is 2.54 bits per heavy atom. The van der Waals surface area contributed by atoms with Crippen LogP contribution in [0.2, 0.25) is 5.02 Å². The van der Waals surface area contributed by atoms with E-state index in [1.54, 1.807) is 42.5 Å². The standard InChI is InChI=1S/C21H18ClNO5/c1-12-3-8-18-15(9-12)17(24)11-19(28-18)21(26)23-16(10-20(25)27-2)13-4-6-14(22)7-5-13/h3-9,11,16H,10H2,1-2H3,(H,23,26). The van der Waals surface area contributed by atoms with Crippen LogP contribution in [0.4, 0.5) is 0 Å². The summed E-state index contributed by atoms with van der Waals surface area (Å²) < 4.78 is 10.3. The van der Waals surface area contributed by atoms with Gasteiger partial charge in [0.05, 0.1) is 25.0 Å². The molecule has 0 aliphatic rings. The van der Waals surface area contributed by atoms with Gasteiger partial charge in [0.2, 0.25) is 0 Å². The zero-order chi connectivity index (χ0) is 20.3. The van der Waals surface area contributed by atoms with Gasteiger partial charge in [0.25, 0.3) is 5.91 Å². The number of hydrogen-bond acceptors (Lipinski definition) is 5. The van der Waals surface area contributed by atoms with E-state index in [1.807, 2.05) is 6.92 Å². The molecule has 3 rings (SSSR count). The van der Waals surface area contributed by atoms with Crippen LogP contribution in [0.1, 0.15) is 34.1 Å². The molecule has 1 unspecified atom stereocenters. The number of ether oxygens (including phenoxy) is 1. The summed E-state index contributed by atoms with van der Waals surface area (Å²) >= 11 is 5.91. The third-order valence-electron chi connectivity index (χ3n) is 4.28. The van der Waals surface area contributed by atoms with Crippen LogP contribution in [-0.4, -0.2) is 19.0 Å². The maximum atomic E-state index is 12.7. The molecule has 0 saturated heterocycles. The summed E-state index contributed by atoms with van der Waals surface area (Å²) in [7, 11) is 1.27. The maximum absolute atomic E-state index is 12.7. The Labute approximate surface area is 166 Å². The summed E-state index contributed by atoms with van der Waals surface area (Å²) in [5.74, 6) is -1.23. The van der Waals surface area contributed by atoms with Gasteiger partial charge in [-0.05, 0) is 36.8 Å². The average molecular weight is 400 g/mol. The van der Waals surface area contributed by atoms with Gasteiger partial charge in [-0.1, -0.05) is 35.4 Å². The van der Waals surface area contributed by atoms with Crippen LogP contribution < -0.4 is 10.7 Å². The predicted octanol–water partition coefficient (Wildman–Crippen LogP) is 3.79. The second-order valence-corrected chi connectivity index (χ2v) is 6.77. The summed E-state index contributed by atoms with van der Waals surface area (Å²) in [6.07, 6.45) is -0.0825. The van der Waals surface area contributed by atoms with Crippen molar-refractivity contribution in [2.24, 2.45) is 0 Å². The van der Waals surface area contributed by atoms with E-state index in [0.717, 1.165) is 11.6 Å². The highest BCUT2D eigenvalue weighted by atomic mass is 35.5. The molecule has 1 N–H and O–H groups in total. The highest BCUT2D eigenvalue weighted by Crippen LogP contribution is 2.21. The monoisotopic (exact) mass is 399 g/mol. The zero-order valence-corrected chi connectivity index (χ0v) is 16.1. The molecule has 0 radical (unpaired) electrons. The number of benzene rings is 2. The van der Waals surface area contributed by atoms with Crippen molar-refractivity contribution in [2.75, 3.05) is 7.11 Å². The highest BCUT2D eigenvalue weighted by molar-refractivity contribution is 6.30. The molecular weight excluding hydrogens is 382 g/mol. The summed E-state index contributed by atoms with van der Waals surface area (Å²) in [5.41, 5.74) is 1.59. The molecule has 28 heavy (non-hydrogen) atoms. The molecule has 0 aliphatic heterocycles. The van der Waals surface area contributed by atoms with E-state index in [-0.39, 0.29) is 17.6 Å². The number of carbonyl (C=O) groups excluding carboxylic acids is 2. The number of hydrogen-bond donors (Lipinski definition) is 1. The van der Waals surface area contributed by atoms with E-state index in [0.29, 0.717) is 21.6 Å². The van der Waals surface area contributed by atoms with Crippen molar-refractivity contribution < 1.29 is 18.7 Å². The Balaban J connectivity index is 1.92. The van der Waals surface area contributed by atoms with E-state index in [9.17, 15) is 14.4 Å². The number of nitrogens with one attached hydrogen (secondary N) is 1. The van der Waals surface area contributed by atoms with Crippen molar-refractivity contribution in [1.29, 1.82) is 0 Å². The van der Waals surface area contributed by atoms with Crippen LogP contribution in [-0.2, 0) is 9.53 Å². The Kier molecular flexibility index (Phi) is 5.80. The van der Waals surface area contributed by atoms with Crippen LogP contribution in [0.25, 0.3) is 11.0 Å². The van der Waals surface area contributed by atoms with Crippen molar-refractivity contribution in [3.63, 3.8) is 0 Å². The molecule has 3 aromatic rings. The second-order valence-electron chi connectivity index (χ2n) is 6.33. The molecule has 2 aromatic carbocycles. The Hall–Kier alpha value is -3.12. The van der Waals surface area contributed by atoms with Gasteiger partial charge >= 0.3 is 5.97 Å². The van der Waals surface area contributed by atoms with Crippen molar-refractivity contribution in [1.82, 2.24) is 5.32 Å². The fourth-order valence-corrected chi connectivity index (χ4v) is 2.93. The third-order valence-corrected chi connectivity index (χ3v) is 4.53. The predicted molar refractivity (Wildman–Crippen MR) is 106 cm³/mol. The molecule has 6 nitrogen and oxygen atoms in total. The first-order valence-electron chi connectivity index (χ1n) is 8.55. The minimum absolute atomic E-state index is 0.0825. The molecule has 144 valence electrons. The molecular formula is C21H18ClNO5. The maximum Gasteiger partial charge on any atom is 0.307 e. The molecule has 0 saturated carbocycles. The SMILES string of the molecule is COC(=O)CC(NC(=O)c1cc(=O)c2cc(C)ccc2o1)c1ccc(Cl)cc1. The zero-order valence-electron chi connectivity index (χ0n) is 15.3. The quantitative estimate of drug-likeness (QED) is 0.660. The second kappa shape index (κ2) is 8.27. The minimum atomic E-state index is -0.670. The Bertz CT molecular complexity index is 1090. The lowest BCUT2D eigenvalue weighted by atomic mass is 10.0. The largest absolute Gasteiger partial charge is 0.469 e. The molecule has 0 spiro atoms. The van der Waals surface area contributed by atoms with Gasteiger partial charge in [0.15, 0.2) is 11.2 Å². The lowest BCUT2D eigenvalue weighted by Crippen LogP contribution is -2.31. The normalized spacial score (nSPS) is 11.8. The fourth-order valence-electron chi connectivity index (χ4n) is 2.81. The number of carbonyl (C=O) groups is 2. The molecule has 1 heterocycles. The summed E-state index contributed by atoms with van der Waals surface area (Å²) in [6.45, 7) is 1.86. The van der Waals surface area contributed by atoms with Gasteiger partial charge in [0, 0.05) is 11.1 Å². The molecule has 1 atom stereocenters. The Morgan fingerprint density at radius 2 is 1.86 bits per heavy atom. The number of esters is 1. The minimum Gasteiger partial charge on any atom is -0.469 e. The van der Waals surface area contributed by atoms with Gasteiger partial charge in [-0.25, -0.2) is 0 Å². The number of rotatable bonds is 5. The van der Waals surface area contributed by atoms with E-state index < -0.39 is 17.9 Å². The molecule has 1 amide bonds. The van der Waals surface area contributed by atoms with Crippen LogP contribution in [0.15, 0.2) is 57.7 Å². The van der Waals surface area contributed by atoms with E-state index in [4.69, 9.17) is 20.8 Å². The van der Waals surface area contributed by atoms with Gasteiger partial charge in [-0.3, -0.25) is 14.4 Å². The number of methoxy groups -OCH3 is 1. The van der Waals surface area contributed by atoms with Crippen molar-refractivity contribution in [3.05, 3.63) is 80.7 Å². The van der Waals surface area contributed by atoms with Crippen molar-refractivity contribution in [3.8, 4) is 0 Å². The Morgan fingerprint density at radius 1 is 1.14 bits per heavy atom. The van der Waals surface area contributed by atoms with Gasteiger partial charge < -0.3 is 14.5 Å². The van der Waals surface area contributed by atoms with Crippen LogP contribution in [0.5, 0.6) is 0 Å². The fraction of sp³-hybridized carbons (Fsp3) is 0.190. The van der Waals surface area contributed by atoms with E-state index in [1.165, 1.54) is 7.11 Å². The summed E-state index contributed by atoms with van der Waals surface area (Å²) in [4.78, 5) is 36.8. The lowest BCUT2D eigenvalue weighted by Gasteiger charge is -2.18. The van der Waals surface area contributed by atoms with Gasteiger partial charge in [-0.2, -0.15) is 0 Å². The number of halogens is 1. The first kappa shape index (κ1) is 19.6. The highest BCUT2D eigenvalue weighted by Gasteiger charge is 2.21. The van der Waals surface area contributed by atoms with Gasteiger partial charge in [-0.15, -0.1) is 0 Å². The van der Waals surface area contributed by atoms with E-state index in [2.05, 4.69) is 5.32 Å². The molecule has 0 bridgehead atoms.